The van der Waals surface area contributed by atoms with Crippen molar-refractivity contribution in [2.75, 3.05) is 0 Å². The molecule has 0 spiro atoms. The number of imidazole rings is 1. The van der Waals surface area contributed by atoms with Crippen LogP contribution in [0.4, 0.5) is 0 Å². The lowest BCUT2D eigenvalue weighted by molar-refractivity contribution is -0.139. The van der Waals surface area contributed by atoms with Crippen LogP contribution in [0.3, 0.4) is 0 Å². The Morgan fingerprint density at radius 2 is 1.38 bits per heavy atom. The SMILES string of the molecule is O=C(N[C@@H](Cc1ccccc1)C(=O)O)c1ccc(Cn2c(Cc3ccccc3)nc3ccccc32)cc1. The summed E-state index contributed by atoms with van der Waals surface area (Å²) >= 11 is 0. The minimum Gasteiger partial charge on any atom is -0.480 e. The second-order valence-corrected chi connectivity index (χ2v) is 9.02. The van der Waals surface area contributed by atoms with E-state index in [0.29, 0.717) is 18.5 Å². The highest BCUT2D eigenvalue weighted by atomic mass is 16.4. The molecular weight excluding hydrogens is 462 g/mol. The quantitative estimate of drug-likeness (QED) is 0.302. The highest BCUT2D eigenvalue weighted by Crippen LogP contribution is 2.20. The molecule has 0 aliphatic rings. The van der Waals surface area contributed by atoms with Gasteiger partial charge in [-0.05, 0) is 41.0 Å². The molecule has 2 N–H and O–H groups in total. The molecule has 5 aromatic rings. The Balaban J connectivity index is 1.33. The average molecular weight is 490 g/mol. The third-order valence-corrected chi connectivity index (χ3v) is 6.38. The third kappa shape index (κ3) is 5.76. The number of fused-ring (bicyclic) bond motifs is 1. The summed E-state index contributed by atoms with van der Waals surface area (Å²) in [7, 11) is 0. The fraction of sp³-hybridized carbons (Fsp3) is 0.129. The van der Waals surface area contributed by atoms with Gasteiger partial charge >= 0.3 is 5.97 Å². The van der Waals surface area contributed by atoms with Gasteiger partial charge in [0.2, 0.25) is 0 Å². The first-order valence-electron chi connectivity index (χ1n) is 12.2. The van der Waals surface area contributed by atoms with Gasteiger partial charge in [0.25, 0.3) is 5.91 Å². The summed E-state index contributed by atoms with van der Waals surface area (Å²) in [6.07, 6.45) is 0.936. The lowest BCUT2D eigenvalue weighted by Gasteiger charge is -2.15. The number of carbonyl (C=O) groups is 2. The first-order valence-corrected chi connectivity index (χ1v) is 12.2. The lowest BCUT2D eigenvalue weighted by Crippen LogP contribution is -2.42. The fourth-order valence-corrected chi connectivity index (χ4v) is 4.45. The van der Waals surface area contributed by atoms with Gasteiger partial charge in [0.05, 0.1) is 11.0 Å². The standard InChI is InChI=1S/C31H27N3O3/c35-30(33-27(31(36)37)19-22-9-3-1-4-10-22)25-17-15-24(16-18-25)21-34-28-14-8-7-13-26(28)32-29(34)20-23-11-5-2-6-12-23/h1-18,27H,19-21H2,(H,33,35)(H,36,37)/t27-/m0/s1. The molecule has 1 aromatic heterocycles. The number of para-hydroxylation sites is 2. The van der Waals surface area contributed by atoms with Gasteiger partial charge in [-0.1, -0.05) is 84.9 Å². The maximum Gasteiger partial charge on any atom is 0.326 e. The minimum atomic E-state index is -1.06. The van der Waals surface area contributed by atoms with Crippen LogP contribution < -0.4 is 5.32 Å². The molecule has 0 unspecified atom stereocenters. The monoisotopic (exact) mass is 489 g/mol. The predicted molar refractivity (Wildman–Crippen MR) is 144 cm³/mol. The zero-order valence-corrected chi connectivity index (χ0v) is 20.2. The summed E-state index contributed by atoms with van der Waals surface area (Å²) in [5, 5.41) is 12.3. The molecule has 0 aliphatic heterocycles. The average Bonchev–Trinajstić information content (AvgIpc) is 3.26. The van der Waals surface area contributed by atoms with Gasteiger partial charge in [-0.3, -0.25) is 4.79 Å². The number of nitrogens with zero attached hydrogens (tertiary/aromatic N) is 2. The molecule has 0 saturated heterocycles. The maximum atomic E-state index is 12.8. The van der Waals surface area contributed by atoms with E-state index in [1.54, 1.807) is 12.1 Å². The topological polar surface area (TPSA) is 84.2 Å². The number of benzene rings is 4. The van der Waals surface area contributed by atoms with E-state index in [9.17, 15) is 14.7 Å². The predicted octanol–water partition coefficient (Wildman–Crippen LogP) is 5.10. The number of hydrogen-bond acceptors (Lipinski definition) is 3. The van der Waals surface area contributed by atoms with Crippen LogP contribution in [0.25, 0.3) is 11.0 Å². The van der Waals surface area contributed by atoms with E-state index in [1.165, 1.54) is 5.56 Å². The van der Waals surface area contributed by atoms with Gasteiger partial charge in [-0.2, -0.15) is 0 Å². The van der Waals surface area contributed by atoms with E-state index in [0.717, 1.165) is 28.0 Å². The minimum absolute atomic E-state index is 0.220. The zero-order chi connectivity index (χ0) is 25.6. The molecule has 0 bridgehead atoms. The Morgan fingerprint density at radius 3 is 2.05 bits per heavy atom. The van der Waals surface area contributed by atoms with Crippen molar-refractivity contribution in [1.29, 1.82) is 0 Å². The highest BCUT2D eigenvalue weighted by molar-refractivity contribution is 5.96. The largest absolute Gasteiger partial charge is 0.480 e. The van der Waals surface area contributed by atoms with E-state index in [1.807, 2.05) is 78.9 Å². The summed E-state index contributed by atoms with van der Waals surface area (Å²) in [4.78, 5) is 29.4. The van der Waals surface area contributed by atoms with Crippen LogP contribution >= 0.6 is 0 Å². The van der Waals surface area contributed by atoms with Crippen LogP contribution in [0.5, 0.6) is 0 Å². The second-order valence-electron chi connectivity index (χ2n) is 9.02. The summed E-state index contributed by atoms with van der Waals surface area (Å²) in [6, 6.07) is 33.9. The van der Waals surface area contributed by atoms with Crippen molar-refractivity contribution in [3.05, 3.63) is 137 Å². The van der Waals surface area contributed by atoms with Crippen LogP contribution in [0, 0.1) is 0 Å². The number of amides is 1. The third-order valence-electron chi connectivity index (χ3n) is 6.38. The van der Waals surface area contributed by atoms with E-state index >= 15 is 0 Å². The van der Waals surface area contributed by atoms with Gasteiger partial charge < -0.3 is 15.0 Å². The maximum absolute atomic E-state index is 12.8. The number of carboxylic acid groups (broad SMARTS) is 1. The summed E-state index contributed by atoms with van der Waals surface area (Å²) in [5.74, 6) is -0.501. The zero-order valence-electron chi connectivity index (χ0n) is 20.2. The molecule has 0 saturated carbocycles. The Labute approximate surface area is 215 Å². The van der Waals surface area contributed by atoms with E-state index in [2.05, 4.69) is 28.1 Å². The van der Waals surface area contributed by atoms with E-state index in [4.69, 9.17) is 4.98 Å². The van der Waals surface area contributed by atoms with Crippen LogP contribution in [-0.4, -0.2) is 32.6 Å². The van der Waals surface area contributed by atoms with Gasteiger partial charge in [-0.15, -0.1) is 0 Å². The van der Waals surface area contributed by atoms with Crippen LogP contribution in [0.1, 0.15) is 32.9 Å². The number of aromatic nitrogens is 2. The van der Waals surface area contributed by atoms with Crippen LogP contribution in [0.15, 0.2) is 109 Å². The van der Waals surface area contributed by atoms with Gasteiger partial charge in [0.1, 0.15) is 11.9 Å². The molecule has 0 aliphatic carbocycles. The molecule has 4 aromatic carbocycles. The van der Waals surface area contributed by atoms with Crippen molar-refractivity contribution in [1.82, 2.24) is 14.9 Å². The van der Waals surface area contributed by atoms with Crippen LogP contribution in [-0.2, 0) is 24.2 Å². The molecule has 37 heavy (non-hydrogen) atoms. The van der Waals surface area contributed by atoms with Crippen molar-refractivity contribution in [2.24, 2.45) is 0 Å². The molecule has 1 amide bonds. The normalized spacial score (nSPS) is 11.8. The smallest absolute Gasteiger partial charge is 0.326 e. The Bertz CT molecular complexity index is 1510. The summed E-state index contributed by atoms with van der Waals surface area (Å²) in [5.41, 5.74) is 5.48. The van der Waals surface area contributed by atoms with Crippen molar-refractivity contribution >= 4 is 22.9 Å². The number of aliphatic carboxylic acids is 1. The molecule has 0 radical (unpaired) electrons. The van der Waals surface area contributed by atoms with Gasteiger partial charge in [-0.25, -0.2) is 9.78 Å². The van der Waals surface area contributed by atoms with E-state index in [-0.39, 0.29) is 6.42 Å². The summed E-state index contributed by atoms with van der Waals surface area (Å²) in [6.45, 7) is 0.607. The van der Waals surface area contributed by atoms with Crippen molar-refractivity contribution in [2.45, 2.75) is 25.4 Å². The number of rotatable bonds is 9. The van der Waals surface area contributed by atoms with Crippen molar-refractivity contribution in [3.8, 4) is 0 Å². The van der Waals surface area contributed by atoms with Gasteiger partial charge in [0.15, 0.2) is 0 Å². The molecular formula is C31H27N3O3. The Hall–Kier alpha value is -4.71. The number of hydrogen-bond donors (Lipinski definition) is 2. The molecule has 184 valence electrons. The molecule has 0 fully saturated rings. The van der Waals surface area contributed by atoms with E-state index < -0.39 is 17.9 Å². The van der Waals surface area contributed by atoms with Gasteiger partial charge in [0, 0.05) is 24.9 Å². The first-order chi connectivity index (χ1) is 18.1. The first kappa shape index (κ1) is 24.0. The second kappa shape index (κ2) is 10.9. The van der Waals surface area contributed by atoms with Crippen molar-refractivity contribution in [3.63, 3.8) is 0 Å². The Kier molecular flexibility index (Phi) is 7.08. The van der Waals surface area contributed by atoms with Crippen LogP contribution in [0.2, 0.25) is 0 Å². The number of carboxylic acids is 1. The molecule has 5 rings (SSSR count). The number of carbonyl (C=O) groups excluding carboxylic acids is 1. The molecule has 1 heterocycles. The lowest BCUT2D eigenvalue weighted by atomic mass is 10.1. The highest BCUT2D eigenvalue weighted by Gasteiger charge is 2.21. The fourth-order valence-electron chi connectivity index (χ4n) is 4.45. The Morgan fingerprint density at radius 1 is 0.757 bits per heavy atom. The molecule has 1 atom stereocenters. The van der Waals surface area contributed by atoms with Crippen molar-refractivity contribution < 1.29 is 14.7 Å². The number of nitrogens with one attached hydrogen (secondary N) is 1. The molecule has 6 nitrogen and oxygen atoms in total. The molecule has 6 heteroatoms. The summed E-state index contributed by atoms with van der Waals surface area (Å²) < 4.78 is 2.21.